The summed E-state index contributed by atoms with van der Waals surface area (Å²) < 4.78 is 28.0. The third-order valence-corrected chi connectivity index (χ3v) is 3.63. The van der Waals surface area contributed by atoms with Gasteiger partial charge in [-0.2, -0.15) is 0 Å². The topological polar surface area (TPSA) is 124 Å². The van der Waals surface area contributed by atoms with Gasteiger partial charge in [-0.1, -0.05) is 0 Å². The van der Waals surface area contributed by atoms with E-state index in [4.69, 9.17) is 9.84 Å². The number of hydrogen-bond donors (Lipinski definition) is 1. The maximum Gasteiger partial charge on any atom is 0.318 e. The van der Waals surface area contributed by atoms with Crippen LogP contribution in [0.1, 0.15) is 5.56 Å². The van der Waals surface area contributed by atoms with Crippen molar-refractivity contribution in [1.82, 2.24) is 0 Å². The number of benzene rings is 1. The zero-order chi connectivity index (χ0) is 14.6. The van der Waals surface area contributed by atoms with E-state index >= 15 is 0 Å². The van der Waals surface area contributed by atoms with E-state index in [9.17, 15) is 23.3 Å². The van der Waals surface area contributed by atoms with Gasteiger partial charge in [0.15, 0.2) is 9.84 Å². The van der Waals surface area contributed by atoms with Crippen LogP contribution in [0, 0.1) is 10.1 Å². The summed E-state index contributed by atoms with van der Waals surface area (Å²) in [6.45, 7) is 0. The first-order valence-corrected chi connectivity index (χ1v) is 6.81. The number of non-ortho nitro benzene ring substituents is 1. The Morgan fingerprint density at radius 3 is 2.58 bits per heavy atom. The van der Waals surface area contributed by atoms with Gasteiger partial charge in [-0.05, 0) is 6.07 Å². The monoisotopic (exact) mass is 289 g/mol. The molecule has 1 aromatic carbocycles. The van der Waals surface area contributed by atoms with Crippen molar-refractivity contribution in [2.24, 2.45) is 0 Å². The van der Waals surface area contributed by atoms with Crippen LogP contribution in [0.4, 0.5) is 5.69 Å². The zero-order valence-corrected chi connectivity index (χ0v) is 10.7. The summed E-state index contributed by atoms with van der Waals surface area (Å²) in [4.78, 5) is 20.4. The standard InChI is InChI=1S/C10H11NO7S/c1-18-9-3-2-8(11(14)15)4-7(9)5-19(16,17)6-10(12)13/h2-4H,5-6H2,1H3,(H,12,13). The minimum Gasteiger partial charge on any atom is -0.496 e. The molecule has 0 saturated carbocycles. The molecule has 1 aromatic rings. The summed E-state index contributed by atoms with van der Waals surface area (Å²) in [6.07, 6.45) is 0. The van der Waals surface area contributed by atoms with Crippen molar-refractivity contribution in [2.45, 2.75) is 5.75 Å². The Kier molecular flexibility index (Phi) is 4.43. The summed E-state index contributed by atoms with van der Waals surface area (Å²) in [5, 5.41) is 19.1. The van der Waals surface area contributed by atoms with Crippen LogP contribution in [0.15, 0.2) is 18.2 Å². The van der Waals surface area contributed by atoms with E-state index in [0.29, 0.717) is 0 Å². The van der Waals surface area contributed by atoms with E-state index in [1.54, 1.807) is 0 Å². The van der Waals surface area contributed by atoms with Crippen molar-refractivity contribution < 1.29 is 28.0 Å². The quantitative estimate of drug-likeness (QED) is 0.600. The second kappa shape index (κ2) is 5.65. The highest BCUT2D eigenvalue weighted by atomic mass is 32.2. The van der Waals surface area contributed by atoms with Gasteiger partial charge in [0.05, 0.1) is 17.8 Å². The lowest BCUT2D eigenvalue weighted by Crippen LogP contribution is -2.17. The molecule has 0 spiro atoms. The number of nitrogens with zero attached hydrogens (tertiary/aromatic N) is 1. The molecule has 19 heavy (non-hydrogen) atoms. The number of carboxylic acids is 1. The molecule has 8 nitrogen and oxygen atoms in total. The average Bonchev–Trinajstić information content (AvgIpc) is 2.26. The highest BCUT2D eigenvalue weighted by Crippen LogP contribution is 2.25. The van der Waals surface area contributed by atoms with Crippen LogP contribution in [0.5, 0.6) is 5.75 Å². The van der Waals surface area contributed by atoms with E-state index in [2.05, 4.69) is 0 Å². The largest absolute Gasteiger partial charge is 0.496 e. The predicted molar refractivity (Wildman–Crippen MR) is 64.8 cm³/mol. The van der Waals surface area contributed by atoms with Crippen molar-refractivity contribution in [3.63, 3.8) is 0 Å². The minimum absolute atomic E-state index is 0.0537. The molecule has 9 heteroatoms. The second-order valence-electron chi connectivity index (χ2n) is 3.68. The second-order valence-corrected chi connectivity index (χ2v) is 5.74. The Morgan fingerprint density at radius 2 is 2.11 bits per heavy atom. The molecule has 0 aliphatic carbocycles. The smallest absolute Gasteiger partial charge is 0.318 e. The number of carbonyl (C=O) groups is 1. The lowest BCUT2D eigenvalue weighted by molar-refractivity contribution is -0.384. The fraction of sp³-hybridized carbons (Fsp3) is 0.300. The molecule has 1 N–H and O–H groups in total. The van der Waals surface area contributed by atoms with Crippen molar-refractivity contribution >= 4 is 21.5 Å². The fourth-order valence-corrected chi connectivity index (χ4v) is 2.65. The fourth-order valence-electron chi connectivity index (χ4n) is 1.47. The van der Waals surface area contributed by atoms with Crippen LogP contribution in [-0.2, 0) is 20.4 Å². The van der Waals surface area contributed by atoms with Crippen LogP contribution >= 0.6 is 0 Å². The molecular formula is C10H11NO7S. The van der Waals surface area contributed by atoms with Crippen LogP contribution in [-0.4, -0.2) is 37.3 Å². The maximum absolute atomic E-state index is 11.6. The number of aliphatic carboxylic acids is 1. The van der Waals surface area contributed by atoms with Gasteiger partial charge < -0.3 is 9.84 Å². The molecule has 0 unspecified atom stereocenters. The Balaban J connectivity index is 3.14. The highest BCUT2D eigenvalue weighted by molar-refractivity contribution is 7.91. The van der Waals surface area contributed by atoms with E-state index in [1.807, 2.05) is 0 Å². The first-order valence-electron chi connectivity index (χ1n) is 4.98. The van der Waals surface area contributed by atoms with Gasteiger partial charge in [-0.3, -0.25) is 14.9 Å². The third kappa shape index (κ3) is 4.21. The molecule has 0 amide bonds. The molecule has 0 heterocycles. The molecule has 0 aliphatic heterocycles. The number of hydrogen-bond acceptors (Lipinski definition) is 6. The van der Waals surface area contributed by atoms with E-state index < -0.39 is 32.2 Å². The summed E-state index contributed by atoms with van der Waals surface area (Å²) in [7, 11) is -2.62. The number of nitro groups is 1. The first-order chi connectivity index (χ1) is 8.75. The van der Waals surface area contributed by atoms with Gasteiger partial charge in [-0.15, -0.1) is 0 Å². The minimum atomic E-state index is -3.91. The Labute approximate surface area is 108 Å². The van der Waals surface area contributed by atoms with E-state index in [-0.39, 0.29) is 17.0 Å². The van der Waals surface area contributed by atoms with E-state index in [0.717, 1.165) is 6.07 Å². The van der Waals surface area contributed by atoms with Crippen molar-refractivity contribution in [1.29, 1.82) is 0 Å². The third-order valence-electron chi connectivity index (χ3n) is 2.19. The van der Waals surface area contributed by atoms with Gasteiger partial charge in [0.2, 0.25) is 0 Å². The first kappa shape index (κ1) is 14.9. The summed E-state index contributed by atoms with van der Waals surface area (Å²) in [6, 6.07) is 3.49. The Morgan fingerprint density at radius 1 is 1.47 bits per heavy atom. The lowest BCUT2D eigenvalue weighted by atomic mass is 10.2. The summed E-state index contributed by atoms with van der Waals surface area (Å²) in [5.41, 5.74) is -0.237. The normalized spacial score (nSPS) is 11.0. The van der Waals surface area contributed by atoms with Gasteiger partial charge in [-0.25, -0.2) is 8.42 Å². The Bertz CT molecular complexity index is 608. The molecule has 0 saturated heterocycles. The maximum atomic E-state index is 11.6. The van der Waals surface area contributed by atoms with Crippen LogP contribution in [0.3, 0.4) is 0 Å². The van der Waals surface area contributed by atoms with Gasteiger partial charge in [0.1, 0.15) is 11.5 Å². The van der Waals surface area contributed by atoms with Gasteiger partial charge >= 0.3 is 5.97 Å². The molecule has 0 aliphatic rings. The molecule has 0 atom stereocenters. The number of methoxy groups -OCH3 is 1. The van der Waals surface area contributed by atoms with Crippen molar-refractivity contribution in [3.05, 3.63) is 33.9 Å². The molecule has 0 aromatic heterocycles. The average molecular weight is 289 g/mol. The molecule has 0 radical (unpaired) electrons. The summed E-state index contributed by atoms with van der Waals surface area (Å²) >= 11 is 0. The molecule has 0 fully saturated rings. The van der Waals surface area contributed by atoms with E-state index in [1.165, 1.54) is 19.2 Å². The molecule has 1 rings (SSSR count). The molecular weight excluding hydrogens is 278 g/mol. The molecule has 104 valence electrons. The number of rotatable bonds is 6. The number of sulfone groups is 1. The van der Waals surface area contributed by atoms with Crippen LogP contribution < -0.4 is 4.74 Å². The van der Waals surface area contributed by atoms with Crippen molar-refractivity contribution in [2.75, 3.05) is 12.9 Å². The highest BCUT2D eigenvalue weighted by Gasteiger charge is 2.21. The summed E-state index contributed by atoms with van der Waals surface area (Å²) in [5.74, 6) is -3.01. The zero-order valence-electron chi connectivity index (χ0n) is 9.90. The predicted octanol–water partition coefficient (Wildman–Crippen LogP) is 0.603. The number of ether oxygens (including phenoxy) is 1. The Hall–Kier alpha value is -2.16. The van der Waals surface area contributed by atoms with Gasteiger partial charge in [0.25, 0.3) is 5.69 Å². The number of carboxylic acid groups (broad SMARTS) is 1. The lowest BCUT2D eigenvalue weighted by Gasteiger charge is -2.08. The number of nitro benzene ring substituents is 1. The van der Waals surface area contributed by atoms with Gasteiger partial charge in [0, 0.05) is 17.7 Å². The van der Waals surface area contributed by atoms with Crippen molar-refractivity contribution in [3.8, 4) is 5.75 Å². The molecule has 0 bridgehead atoms. The SMILES string of the molecule is COc1ccc([N+](=O)[O-])cc1CS(=O)(=O)CC(=O)O. The van der Waals surface area contributed by atoms with Crippen LogP contribution in [0.25, 0.3) is 0 Å². The van der Waals surface area contributed by atoms with Crippen LogP contribution in [0.2, 0.25) is 0 Å².